The molecule has 12 heavy (non-hydrogen) atoms. The average molecular weight is 172 g/mol. The summed E-state index contributed by atoms with van der Waals surface area (Å²) in [5.41, 5.74) is 0. The Labute approximate surface area is 75.1 Å². The van der Waals surface area contributed by atoms with E-state index in [1.807, 2.05) is 0 Å². The van der Waals surface area contributed by atoms with Crippen molar-refractivity contribution in [3.8, 4) is 0 Å². The van der Waals surface area contributed by atoms with Gasteiger partial charge in [-0.2, -0.15) is 0 Å². The van der Waals surface area contributed by atoms with Gasteiger partial charge in [-0.25, -0.2) is 0 Å². The zero-order chi connectivity index (χ0) is 8.81. The van der Waals surface area contributed by atoms with Crippen molar-refractivity contribution in [2.45, 2.75) is 25.3 Å². The summed E-state index contributed by atoms with van der Waals surface area (Å²) >= 11 is 0. The monoisotopic (exact) mass is 172 g/mol. The van der Waals surface area contributed by atoms with E-state index in [4.69, 9.17) is 4.74 Å². The van der Waals surface area contributed by atoms with Crippen molar-refractivity contribution in [3.05, 3.63) is 0 Å². The third-order valence-electron chi connectivity index (χ3n) is 2.54. The molecule has 0 aromatic heterocycles. The fourth-order valence-electron chi connectivity index (χ4n) is 1.76. The molecular formula is C9H20N2O. The predicted octanol–water partition coefficient (Wildman–Crippen LogP) is 0.664. The molecule has 1 aliphatic rings. The second kappa shape index (κ2) is 5.51. The fraction of sp³-hybridized carbons (Fsp3) is 1.00. The Morgan fingerprint density at radius 1 is 1.42 bits per heavy atom. The smallest absolute Gasteiger partial charge is 0.0986 e. The highest BCUT2D eigenvalue weighted by atomic mass is 16.5. The molecule has 1 rings (SSSR count). The topological polar surface area (TPSA) is 24.5 Å². The first-order valence-corrected chi connectivity index (χ1v) is 4.75. The molecule has 3 nitrogen and oxygen atoms in total. The third-order valence-corrected chi connectivity index (χ3v) is 2.54. The quantitative estimate of drug-likeness (QED) is 0.677. The van der Waals surface area contributed by atoms with Crippen LogP contribution in [0.1, 0.15) is 19.3 Å². The molecule has 1 fully saturated rings. The van der Waals surface area contributed by atoms with Gasteiger partial charge in [0.05, 0.1) is 6.73 Å². The Kier molecular flexibility index (Phi) is 4.58. The van der Waals surface area contributed by atoms with Gasteiger partial charge < -0.3 is 10.1 Å². The number of likely N-dealkylation sites (tertiary alicyclic amines) is 1. The van der Waals surface area contributed by atoms with Gasteiger partial charge in [0.25, 0.3) is 0 Å². The lowest BCUT2D eigenvalue weighted by Crippen LogP contribution is -2.29. The molecule has 1 atom stereocenters. The van der Waals surface area contributed by atoms with Gasteiger partial charge in [0.2, 0.25) is 0 Å². The summed E-state index contributed by atoms with van der Waals surface area (Å²) in [6.07, 6.45) is 3.84. The van der Waals surface area contributed by atoms with Gasteiger partial charge in [0.15, 0.2) is 0 Å². The normalized spacial score (nSPS) is 27.0. The highest BCUT2D eigenvalue weighted by Gasteiger charge is 2.14. The summed E-state index contributed by atoms with van der Waals surface area (Å²) in [5, 5.41) is 3.34. The van der Waals surface area contributed by atoms with Gasteiger partial charge in [0, 0.05) is 26.2 Å². The zero-order valence-corrected chi connectivity index (χ0v) is 8.18. The Morgan fingerprint density at radius 3 is 2.92 bits per heavy atom. The van der Waals surface area contributed by atoms with Gasteiger partial charge in [-0.05, 0) is 26.3 Å². The van der Waals surface area contributed by atoms with Crippen LogP contribution < -0.4 is 5.32 Å². The molecule has 0 aliphatic carbocycles. The van der Waals surface area contributed by atoms with E-state index in [2.05, 4.69) is 17.3 Å². The largest absolute Gasteiger partial charge is 0.369 e. The van der Waals surface area contributed by atoms with Gasteiger partial charge >= 0.3 is 0 Å². The number of hydrogen-bond acceptors (Lipinski definition) is 3. The van der Waals surface area contributed by atoms with E-state index in [0.717, 1.165) is 6.73 Å². The molecule has 3 heteroatoms. The minimum absolute atomic E-state index is 0.715. The van der Waals surface area contributed by atoms with E-state index in [9.17, 15) is 0 Å². The second-order valence-corrected chi connectivity index (χ2v) is 3.45. The molecule has 1 unspecified atom stereocenters. The summed E-state index contributed by atoms with van der Waals surface area (Å²) in [6, 6.07) is 0.715. The second-order valence-electron chi connectivity index (χ2n) is 3.45. The van der Waals surface area contributed by atoms with Gasteiger partial charge in [-0.15, -0.1) is 0 Å². The van der Waals surface area contributed by atoms with E-state index >= 15 is 0 Å². The molecule has 1 heterocycles. The lowest BCUT2D eigenvalue weighted by molar-refractivity contribution is 0.0655. The van der Waals surface area contributed by atoms with Crippen molar-refractivity contribution in [3.63, 3.8) is 0 Å². The van der Waals surface area contributed by atoms with Crippen LogP contribution in [0.15, 0.2) is 0 Å². The number of methoxy groups -OCH3 is 1. The van der Waals surface area contributed by atoms with Crippen LogP contribution in [0.25, 0.3) is 0 Å². The lowest BCUT2D eigenvalue weighted by Gasteiger charge is -2.18. The molecule has 0 amide bonds. The maximum Gasteiger partial charge on any atom is 0.0986 e. The predicted molar refractivity (Wildman–Crippen MR) is 50.1 cm³/mol. The molecular weight excluding hydrogens is 152 g/mol. The minimum Gasteiger partial charge on any atom is -0.369 e. The standard InChI is InChI=1S/C9H20N2O/c1-10-9-4-3-6-11(7-5-9)8-12-2/h9-10H,3-8H2,1-2H3. The van der Waals surface area contributed by atoms with Crippen LogP contribution in [0.4, 0.5) is 0 Å². The first-order chi connectivity index (χ1) is 5.86. The highest BCUT2D eigenvalue weighted by Crippen LogP contribution is 2.09. The van der Waals surface area contributed by atoms with E-state index in [-0.39, 0.29) is 0 Å². The molecule has 1 N–H and O–H groups in total. The van der Waals surface area contributed by atoms with Crippen molar-refractivity contribution in [2.75, 3.05) is 34.0 Å². The number of ether oxygens (including phenoxy) is 1. The molecule has 1 saturated heterocycles. The Bertz CT molecular complexity index is 119. The van der Waals surface area contributed by atoms with E-state index < -0.39 is 0 Å². The third kappa shape index (κ3) is 3.09. The van der Waals surface area contributed by atoms with Gasteiger partial charge in [-0.1, -0.05) is 0 Å². The molecule has 0 saturated carbocycles. The van der Waals surface area contributed by atoms with E-state index in [1.165, 1.54) is 32.4 Å². The Balaban J connectivity index is 2.24. The van der Waals surface area contributed by atoms with Crippen molar-refractivity contribution < 1.29 is 4.74 Å². The van der Waals surface area contributed by atoms with Crippen molar-refractivity contribution in [1.82, 2.24) is 10.2 Å². The SMILES string of the molecule is CNC1CCCN(COC)CC1. The first-order valence-electron chi connectivity index (χ1n) is 4.75. The molecule has 1 aliphatic heterocycles. The molecule has 0 aromatic rings. The van der Waals surface area contributed by atoms with Gasteiger partial charge in [-0.3, -0.25) is 4.90 Å². The molecule has 0 radical (unpaired) electrons. The van der Waals surface area contributed by atoms with Crippen LogP contribution in [0.2, 0.25) is 0 Å². The molecule has 0 aromatic carbocycles. The molecule has 0 bridgehead atoms. The molecule has 0 spiro atoms. The number of hydrogen-bond donors (Lipinski definition) is 1. The van der Waals surface area contributed by atoms with Crippen LogP contribution >= 0.6 is 0 Å². The van der Waals surface area contributed by atoms with Crippen LogP contribution in [-0.2, 0) is 4.74 Å². The molecule has 72 valence electrons. The van der Waals surface area contributed by atoms with Crippen LogP contribution in [-0.4, -0.2) is 44.9 Å². The summed E-state index contributed by atoms with van der Waals surface area (Å²) < 4.78 is 5.11. The number of rotatable bonds is 3. The maximum atomic E-state index is 5.11. The van der Waals surface area contributed by atoms with Crippen molar-refractivity contribution in [2.24, 2.45) is 0 Å². The van der Waals surface area contributed by atoms with Crippen LogP contribution in [0.5, 0.6) is 0 Å². The van der Waals surface area contributed by atoms with Crippen LogP contribution in [0, 0.1) is 0 Å². The first kappa shape index (κ1) is 9.96. The van der Waals surface area contributed by atoms with E-state index in [1.54, 1.807) is 7.11 Å². The van der Waals surface area contributed by atoms with Gasteiger partial charge in [0.1, 0.15) is 0 Å². The summed E-state index contributed by atoms with van der Waals surface area (Å²) in [5.74, 6) is 0. The average Bonchev–Trinajstić information content (AvgIpc) is 2.31. The zero-order valence-electron chi connectivity index (χ0n) is 8.18. The summed E-state index contributed by atoms with van der Waals surface area (Å²) in [4.78, 5) is 2.37. The number of nitrogens with one attached hydrogen (secondary N) is 1. The van der Waals surface area contributed by atoms with E-state index in [0.29, 0.717) is 6.04 Å². The minimum atomic E-state index is 0.715. The van der Waals surface area contributed by atoms with Crippen LogP contribution in [0.3, 0.4) is 0 Å². The van der Waals surface area contributed by atoms with Crippen molar-refractivity contribution >= 4 is 0 Å². The lowest BCUT2D eigenvalue weighted by atomic mass is 10.1. The Morgan fingerprint density at radius 2 is 2.25 bits per heavy atom. The summed E-state index contributed by atoms with van der Waals surface area (Å²) in [7, 11) is 3.82. The van der Waals surface area contributed by atoms with Crippen molar-refractivity contribution in [1.29, 1.82) is 0 Å². The Hall–Kier alpha value is -0.120. The maximum absolute atomic E-state index is 5.11. The summed E-state index contributed by atoms with van der Waals surface area (Å²) in [6.45, 7) is 3.14. The highest BCUT2D eigenvalue weighted by molar-refractivity contribution is 4.71. The number of nitrogens with zero attached hydrogens (tertiary/aromatic N) is 1. The fourth-order valence-corrected chi connectivity index (χ4v) is 1.76.